The summed E-state index contributed by atoms with van der Waals surface area (Å²) < 4.78 is 31.2. The summed E-state index contributed by atoms with van der Waals surface area (Å²) in [6.45, 7) is 2.63. The van der Waals surface area contributed by atoms with Gasteiger partial charge in [0.05, 0.1) is 6.54 Å². The summed E-state index contributed by atoms with van der Waals surface area (Å²) in [4.78, 5) is 0. The fourth-order valence-corrected chi connectivity index (χ4v) is 1.17. The van der Waals surface area contributed by atoms with E-state index in [0.29, 0.717) is 13.1 Å². The molecule has 0 radical (unpaired) electrons. The fourth-order valence-electron chi connectivity index (χ4n) is 1.17. The van der Waals surface area contributed by atoms with Gasteiger partial charge in [-0.3, -0.25) is 0 Å². The Kier molecular flexibility index (Phi) is 4.74. The van der Waals surface area contributed by atoms with E-state index in [4.69, 9.17) is 11.2 Å². The van der Waals surface area contributed by atoms with Gasteiger partial charge in [0.2, 0.25) is 0 Å². The van der Waals surface area contributed by atoms with E-state index >= 15 is 0 Å². The molecule has 4 heteroatoms. The molecule has 0 spiro atoms. The van der Waals surface area contributed by atoms with Gasteiger partial charge in [-0.05, 0) is 19.1 Å². The zero-order valence-electron chi connectivity index (χ0n) is 8.97. The van der Waals surface area contributed by atoms with Crippen molar-refractivity contribution in [1.82, 2.24) is 5.32 Å². The first kappa shape index (κ1) is 12.5. The van der Waals surface area contributed by atoms with Crippen molar-refractivity contribution in [3.05, 3.63) is 29.8 Å². The molecule has 0 fully saturated rings. The molecule has 0 aromatic heterocycles. The lowest BCUT2D eigenvalue weighted by atomic mass is 10.3. The summed E-state index contributed by atoms with van der Waals surface area (Å²) in [6, 6.07) is 3.10. The Morgan fingerprint density at radius 2 is 2.25 bits per heavy atom. The molecule has 2 nitrogen and oxygen atoms in total. The van der Waals surface area contributed by atoms with E-state index in [2.05, 4.69) is 11.2 Å². The summed E-state index contributed by atoms with van der Waals surface area (Å²) in [5.74, 6) is 1.21. The van der Waals surface area contributed by atoms with Gasteiger partial charge in [0.15, 0.2) is 11.6 Å². The van der Waals surface area contributed by atoms with Gasteiger partial charge >= 0.3 is 0 Å². The third-order valence-corrected chi connectivity index (χ3v) is 1.88. The smallest absolute Gasteiger partial charge is 0.165 e. The van der Waals surface area contributed by atoms with Crippen molar-refractivity contribution in [3.63, 3.8) is 0 Å². The van der Waals surface area contributed by atoms with Crippen LogP contribution in [0.1, 0.15) is 6.92 Å². The number of hydrogen-bond donors (Lipinski definition) is 1. The van der Waals surface area contributed by atoms with Crippen molar-refractivity contribution in [1.29, 1.82) is 0 Å². The number of rotatable bonds is 5. The van der Waals surface area contributed by atoms with Crippen LogP contribution in [0.5, 0.6) is 5.75 Å². The Morgan fingerprint density at radius 1 is 1.50 bits per heavy atom. The highest BCUT2D eigenvalue weighted by molar-refractivity contribution is 5.25. The quantitative estimate of drug-likeness (QED) is 0.611. The lowest BCUT2D eigenvalue weighted by Gasteiger charge is -2.15. The molecule has 86 valence electrons. The van der Waals surface area contributed by atoms with Crippen LogP contribution in [-0.4, -0.2) is 19.2 Å². The molecule has 1 rings (SSSR count). The van der Waals surface area contributed by atoms with Crippen LogP contribution < -0.4 is 10.1 Å². The van der Waals surface area contributed by atoms with E-state index in [9.17, 15) is 8.78 Å². The lowest BCUT2D eigenvalue weighted by molar-refractivity contribution is 0.208. The molecule has 0 saturated heterocycles. The highest BCUT2D eigenvalue weighted by Crippen LogP contribution is 2.19. The van der Waals surface area contributed by atoms with Gasteiger partial charge in [-0.25, -0.2) is 8.78 Å². The number of hydrogen-bond acceptors (Lipinski definition) is 2. The largest absolute Gasteiger partial charge is 0.486 e. The van der Waals surface area contributed by atoms with Gasteiger partial charge in [0.1, 0.15) is 11.9 Å². The minimum absolute atomic E-state index is 0.0880. The van der Waals surface area contributed by atoms with Crippen molar-refractivity contribution in [2.24, 2.45) is 0 Å². The predicted molar refractivity (Wildman–Crippen MR) is 58.2 cm³/mol. The minimum atomic E-state index is -0.579. The van der Waals surface area contributed by atoms with E-state index in [1.165, 1.54) is 0 Å². The summed E-state index contributed by atoms with van der Waals surface area (Å²) in [5, 5.41) is 2.91. The molecule has 0 amide bonds. The Bertz CT molecular complexity index is 387. The summed E-state index contributed by atoms with van der Waals surface area (Å²) in [5.41, 5.74) is 0. The third-order valence-electron chi connectivity index (χ3n) is 1.88. The molecular formula is C12H13F2NO. The highest BCUT2D eigenvalue weighted by atomic mass is 19.1. The predicted octanol–water partition coefficient (Wildman–Crippen LogP) is 1.95. The molecule has 1 unspecified atom stereocenters. The normalized spacial score (nSPS) is 11.9. The maximum atomic E-state index is 13.2. The van der Waals surface area contributed by atoms with Crippen molar-refractivity contribution in [2.75, 3.05) is 13.1 Å². The standard InChI is InChI=1S/C12H13F2NO/c1-3-6-15-8-9(2)16-12-7-10(13)4-5-11(12)14/h1,4-5,7,9,15H,6,8H2,2H3. The number of ether oxygens (including phenoxy) is 1. The topological polar surface area (TPSA) is 21.3 Å². The molecule has 1 N–H and O–H groups in total. The number of nitrogens with one attached hydrogen (secondary N) is 1. The summed E-state index contributed by atoms with van der Waals surface area (Å²) in [7, 11) is 0. The maximum absolute atomic E-state index is 13.2. The number of benzene rings is 1. The minimum Gasteiger partial charge on any atom is -0.486 e. The van der Waals surface area contributed by atoms with Gasteiger partial charge in [-0.2, -0.15) is 0 Å². The van der Waals surface area contributed by atoms with Crippen LogP contribution in [0.3, 0.4) is 0 Å². The van der Waals surface area contributed by atoms with Crippen molar-refractivity contribution in [3.8, 4) is 18.1 Å². The maximum Gasteiger partial charge on any atom is 0.165 e. The molecule has 0 aliphatic heterocycles. The summed E-state index contributed by atoms with van der Waals surface area (Å²) in [6.07, 6.45) is 4.76. The monoisotopic (exact) mass is 225 g/mol. The molecular weight excluding hydrogens is 212 g/mol. The molecule has 0 aliphatic carbocycles. The van der Waals surface area contributed by atoms with Crippen LogP contribution in [0.15, 0.2) is 18.2 Å². The van der Waals surface area contributed by atoms with E-state index in [1.807, 2.05) is 0 Å². The molecule has 0 saturated carbocycles. The van der Waals surface area contributed by atoms with E-state index in [0.717, 1.165) is 18.2 Å². The van der Waals surface area contributed by atoms with Crippen LogP contribution in [-0.2, 0) is 0 Å². The van der Waals surface area contributed by atoms with Gasteiger partial charge < -0.3 is 10.1 Å². The third kappa shape index (κ3) is 3.87. The molecule has 1 aromatic rings. The molecule has 1 atom stereocenters. The molecule has 16 heavy (non-hydrogen) atoms. The first-order valence-corrected chi connectivity index (χ1v) is 4.89. The van der Waals surface area contributed by atoms with Crippen LogP contribution in [0.2, 0.25) is 0 Å². The van der Waals surface area contributed by atoms with Crippen molar-refractivity contribution < 1.29 is 13.5 Å². The van der Waals surface area contributed by atoms with Crippen LogP contribution in [0.25, 0.3) is 0 Å². The van der Waals surface area contributed by atoms with E-state index in [-0.39, 0.29) is 11.9 Å². The van der Waals surface area contributed by atoms with Crippen LogP contribution in [0.4, 0.5) is 8.78 Å². The number of terminal acetylenes is 1. The van der Waals surface area contributed by atoms with E-state index < -0.39 is 11.6 Å². The average Bonchev–Trinajstić information content (AvgIpc) is 2.24. The Hall–Kier alpha value is -1.60. The zero-order chi connectivity index (χ0) is 12.0. The Morgan fingerprint density at radius 3 is 2.94 bits per heavy atom. The van der Waals surface area contributed by atoms with Crippen LogP contribution in [0, 0.1) is 24.0 Å². The first-order valence-electron chi connectivity index (χ1n) is 4.89. The fraction of sp³-hybridized carbons (Fsp3) is 0.333. The van der Waals surface area contributed by atoms with Gasteiger partial charge in [0, 0.05) is 12.6 Å². The second kappa shape index (κ2) is 6.09. The van der Waals surface area contributed by atoms with Crippen LogP contribution >= 0.6 is 0 Å². The SMILES string of the molecule is C#CCNCC(C)Oc1cc(F)ccc1F. The Balaban J connectivity index is 2.52. The van der Waals surface area contributed by atoms with Crippen molar-refractivity contribution >= 4 is 0 Å². The molecule has 0 aliphatic rings. The zero-order valence-corrected chi connectivity index (χ0v) is 8.97. The molecule has 1 aromatic carbocycles. The second-order valence-corrected chi connectivity index (χ2v) is 3.34. The Labute approximate surface area is 93.6 Å². The van der Waals surface area contributed by atoms with Gasteiger partial charge in [0.25, 0.3) is 0 Å². The number of halogens is 2. The van der Waals surface area contributed by atoms with Gasteiger partial charge in [-0.1, -0.05) is 5.92 Å². The van der Waals surface area contributed by atoms with Crippen molar-refractivity contribution in [2.45, 2.75) is 13.0 Å². The van der Waals surface area contributed by atoms with E-state index in [1.54, 1.807) is 6.92 Å². The molecule has 0 bridgehead atoms. The second-order valence-electron chi connectivity index (χ2n) is 3.34. The van der Waals surface area contributed by atoms with Gasteiger partial charge in [-0.15, -0.1) is 6.42 Å². The lowest BCUT2D eigenvalue weighted by Crippen LogP contribution is -2.29. The molecule has 0 heterocycles. The summed E-state index contributed by atoms with van der Waals surface area (Å²) >= 11 is 0. The average molecular weight is 225 g/mol. The first-order chi connectivity index (χ1) is 7.63. The highest BCUT2D eigenvalue weighted by Gasteiger charge is 2.09.